The minimum Gasteiger partial charge on any atom is -0.480 e. The second kappa shape index (κ2) is 9.57. The van der Waals surface area contributed by atoms with E-state index in [-0.39, 0.29) is 24.4 Å². The summed E-state index contributed by atoms with van der Waals surface area (Å²) in [6.45, 7) is -0.436. The molecule has 0 spiro atoms. The summed E-state index contributed by atoms with van der Waals surface area (Å²) in [4.78, 5) is 11.0. The molecule has 7 nitrogen and oxygen atoms in total. The van der Waals surface area contributed by atoms with E-state index in [1.807, 2.05) is 0 Å². The summed E-state index contributed by atoms with van der Waals surface area (Å²) in [5.74, 6) is -1.61. The third kappa shape index (κ3) is 5.08. The summed E-state index contributed by atoms with van der Waals surface area (Å²) in [5.41, 5.74) is 4.24. The van der Waals surface area contributed by atoms with Gasteiger partial charge in [-0.2, -0.15) is 17.5 Å². The molecule has 0 radical (unpaired) electrons. The van der Waals surface area contributed by atoms with E-state index in [0.717, 1.165) is 10.4 Å². The van der Waals surface area contributed by atoms with Gasteiger partial charge in [0.25, 0.3) is 0 Å². The molecule has 1 heterocycles. The fraction of sp³-hybridized carbons (Fsp3) is 0.240. The lowest BCUT2D eigenvalue weighted by molar-refractivity contribution is -0.142. The highest BCUT2D eigenvalue weighted by Gasteiger charge is 2.52. The molecular weight excluding hydrogens is 497 g/mol. The predicted molar refractivity (Wildman–Crippen MR) is 125 cm³/mol. The van der Waals surface area contributed by atoms with Gasteiger partial charge in [-0.1, -0.05) is 54.6 Å². The molecule has 4 rings (SSSR count). The molecule has 190 valence electrons. The maximum absolute atomic E-state index is 13.6. The van der Waals surface area contributed by atoms with Crippen LogP contribution in [0.4, 0.5) is 13.2 Å². The molecule has 1 atom stereocenters. The first-order chi connectivity index (χ1) is 16.9. The Kier molecular flexibility index (Phi) is 6.82. The minimum atomic E-state index is -4.65. The van der Waals surface area contributed by atoms with Gasteiger partial charge in [0, 0.05) is 0 Å². The molecule has 1 aliphatic rings. The summed E-state index contributed by atoms with van der Waals surface area (Å²) in [6, 6.07) is 17.9. The van der Waals surface area contributed by atoms with Crippen molar-refractivity contribution in [2.24, 2.45) is 5.73 Å². The van der Waals surface area contributed by atoms with Gasteiger partial charge in [-0.15, -0.1) is 0 Å². The van der Waals surface area contributed by atoms with Gasteiger partial charge in [0.05, 0.1) is 23.5 Å². The Bertz CT molecular complexity index is 1360. The second-order valence-electron chi connectivity index (χ2n) is 8.53. The quantitative estimate of drug-likeness (QED) is 0.469. The number of carboxylic acid groups (broad SMARTS) is 1. The number of hydrogen-bond acceptors (Lipinski definition) is 5. The molecular formula is C25H23F3N2O5S. The van der Waals surface area contributed by atoms with Gasteiger partial charge in [0.1, 0.15) is 11.8 Å². The average molecular weight is 521 g/mol. The summed E-state index contributed by atoms with van der Waals surface area (Å²) in [5, 5.41) is 9.03. The number of nitrogens with zero attached hydrogens (tertiary/aromatic N) is 1. The highest BCUT2D eigenvalue weighted by Crippen LogP contribution is 2.43. The van der Waals surface area contributed by atoms with Crippen molar-refractivity contribution >= 4 is 16.0 Å². The zero-order valence-corrected chi connectivity index (χ0v) is 19.7. The minimum absolute atomic E-state index is 0.0655. The lowest BCUT2D eigenvalue weighted by Gasteiger charge is -2.49. The first-order valence-corrected chi connectivity index (χ1v) is 12.3. The van der Waals surface area contributed by atoms with Crippen molar-refractivity contribution in [3.63, 3.8) is 0 Å². The third-order valence-corrected chi connectivity index (χ3v) is 7.76. The Morgan fingerprint density at radius 1 is 1.03 bits per heavy atom. The molecule has 0 bridgehead atoms. The lowest BCUT2D eigenvalue weighted by Crippen LogP contribution is -2.64. The van der Waals surface area contributed by atoms with Gasteiger partial charge in [-0.3, -0.25) is 4.79 Å². The van der Waals surface area contributed by atoms with Crippen LogP contribution in [0, 0.1) is 0 Å². The van der Waals surface area contributed by atoms with Crippen molar-refractivity contribution in [1.82, 2.24) is 4.31 Å². The smallest absolute Gasteiger partial charge is 0.419 e. The molecule has 1 fully saturated rings. The van der Waals surface area contributed by atoms with Crippen LogP contribution in [0.15, 0.2) is 83.8 Å². The first kappa shape index (κ1) is 25.7. The van der Waals surface area contributed by atoms with Crippen LogP contribution in [0.25, 0.3) is 0 Å². The number of carboxylic acids is 1. The summed E-state index contributed by atoms with van der Waals surface area (Å²) in [7, 11) is -4.05. The number of aliphatic carboxylic acids is 1. The fourth-order valence-corrected chi connectivity index (χ4v) is 5.67. The van der Waals surface area contributed by atoms with Gasteiger partial charge in [-0.05, 0) is 41.8 Å². The fourth-order valence-electron chi connectivity index (χ4n) is 4.06. The molecule has 3 N–H and O–H groups in total. The van der Waals surface area contributed by atoms with Crippen LogP contribution in [0.1, 0.15) is 16.7 Å². The highest BCUT2D eigenvalue weighted by molar-refractivity contribution is 7.89. The van der Waals surface area contributed by atoms with E-state index in [9.17, 15) is 26.4 Å². The average Bonchev–Trinajstić information content (AvgIpc) is 2.81. The second-order valence-corrected chi connectivity index (χ2v) is 10.5. The van der Waals surface area contributed by atoms with E-state index in [1.54, 1.807) is 36.4 Å². The Morgan fingerprint density at radius 2 is 1.67 bits per heavy atom. The van der Waals surface area contributed by atoms with Crippen molar-refractivity contribution in [2.45, 2.75) is 29.1 Å². The van der Waals surface area contributed by atoms with Gasteiger partial charge < -0.3 is 15.6 Å². The van der Waals surface area contributed by atoms with Crippen LogP contribution in [-0.4, -0.2) is 42.9 Å². The number of alkyl halides is 3. The molecule has 0 saturated carbocycles. The molecule has 11 heteroatoms. The predicted octanol–water partition coefficient (Wildman–Crippen LogP) is 3.64. The molecule has 3 aromatic rings. The van der Waals surface area contributed by atoms with Crippen LogP contribution in [0.5, 0.6) is 5.75 Å². The van der Waals surface area contributed by atoms with Crippen molar-refractivity contribution in [3.8, 4) is 5.75 Å². The number of halogens is 3. The van der Waals surface area contributed by atoms with Gasteiger partial charge in [-0.25, -0.2) is 8.42 Å². The number of benzene rings is 3. The Hall–Kier alpha value is -3.41. The van der Waals surface area contributed by atoms with E-state index < -0.39 is 45.1 Å². The monoisotopic (exact) mass is 520 g/mol. The number of nitrogens with two attached hydrogens (primary N) is 1. The van der Waals surface area contributed by atoms with Gasteiger partial charge >= 0.3 is 12.1 Å². The summed E-state index contributed by atoms with van der Waals surface area (Å²) in [6.07, 6.45) is -4.72. The first-order valence-electron chi connectivity index (χ1n) is 10.9. The molecule has 0 amide bonds. The normalized spacial score (nSPS) is 16.7. The molecule has 1 saturated heterocycles. The summed E-state index contributed by atoms with van der Waals surface area (Å²) < 4.78 is 74.5. The zero-order chi connectivity index (χ0) is 26.1. The Labute approximate surface area is 206 Å². The van der Waals surface area contributed by atoms with Crippen LogP contribution < -0.4 is 10.5 Å². The number of sulfonamides is 1. The summed E-state index contributed by atoms with van der Waals surface area (Å²) >= 11 is 0. The van der Waals surface area contributed by atoms with Crippen LogP contribution >= 0.6 is 0 Å². The molecule has 1 unspecified atom stereocenters. The topological polar surface area (TPSA) is 110 Å². The van der Waals surface area contributed by atoms with E-state index in [0.29, 0.717) is 11.1 Å². The maximum Gasteiger partial charge on any atom is 0.419 e. The van der Waals surface area contributed by atoms with Crippen LogP contribution in [-0.2, 0) is 33.0 Å². The number of para-hydroxylation sites is 1. The van der Waals surface area contributed by atoms with E-state index >= 15 is 0 Å². The van der Waals surface area contributed by atoms with Crippen molar-refractivity contribution in [2.75, 3.05) is 13.1 Å². The zero-order valence-electron chi connectivity index (χ0n) is 18.9. The van der Waals surface area contributed by atoms with Crippen LogP contribution in [0.3, 0.4) is 0 Å². The number of hydrogen-bond donors (Lipinski definition) is 2. The van der Waals surface area contributed by atoms with E-state index in [1.165, 1.54) is 36.4 Å². The standard InChI is InChI=1S/C25H23F3N2O5S/c26-25(27,28)20-11-4-5-12-22(20)35-24(18-8-2-1-3-9-18)15-30(16-24)36(33,34)19-10-6-7-17(13-19)14-21(29)23(31)32/h1-13,21H,14-16,29H2,(H,31,32). The van der Waals surface area contributed by atoms with Crippen molar-refractivity contribution in [3.05, 3.63) is 95.6 Å². The maximum atomic E-state index is 13.6. The van der Waals surface area contributed by atoms with Crippen molar-refractivity contribution in [1.29, 1.82) is 0 Å². The third-order valence-electron chi connectivity index (χ3n) is 5.97. The molecule has 3 aromatic carbocycles. The lowest BCUT2D eigenvalue weighted by atomic mass is 9.87. The van der Waals surface area contributed by atoms with E-state index in [2.05, 4.69) is 0 Å². The largest absolute Gasteiger partial charge is 0.480 e. The Balaban J connectivity index is 1.64. The SMILES string of the molecule is NC(Cc1cccc(S(=O)(=O)N2CC(Oc3ccccc3C(F)(F)F)(c3ccccc3)C2)c1)C(=O)O. The highest BCUT2D eigenvalue weighted by atomic mass is 32.2. The van der Waals surface area contributed by atoms with E-state index in [4.69, 9.17) is 15.6 Å². The Morgan fingerprint density at radius 3 is 2.31 bits per heavy atom. The van der Waals surface area contributed by atoms with Crippen molar-refractivity contribution < 1.29 is 36.2 Å². The number of rotatable bonds is 8. The van der Waals surface area contributed by atoms with Gasteiger partial charge in [0.15, 0.2) is 5.60 Å². The molecule has 1 aliphatic heterocycles. The van der Waals surface area contributed by atoms with Crippen LogP contribution in [0.2, 0.25) is 0 Å². The van der Waals surface area contributed by atoms with Gasteiger partial charge in [0.2, 0.25) is 10.0 Å². The molecule has 0 aliphatic carbocycles. The number of carbonyl (C=O) groups is 1. The number of ether oxygens (including phenoxy) is 1. The molecule has 36 heavy (non-hydrogen) atoms. The molecule has 0 aromatic heterocycles.